The molecule has 2 aromatic rings. The van der Waals surface area contributed by atoms with Gasteiger partial charge in [0.25, 0.3) is 0 Å². The van der Waals surface area contributed by atoms with Gasteiger partial charge in [-0.15, -0.1) is 0 Å². The summed E-state index contributed by atoms with van der Waals surface area (Å²) in [5.41, 5.74) is 3.07. The minimum Gasteiger partial charge on any atom is -0.326 e. The molecule has 5 heteroatoms. The summed E-state index contributed by atoms with van der Waals surface area (Å²) in [5.74, 6) is -0.0621. The highest BCUT2D eigenvalue weighted by Gasteiger charge is 2.06. The van der Waals surface area contributed by atoms with Crippen molar-refractivity contribution >= 4 is 27.5 Å². The third kappa shape index (κ3) is 4.95. The van der Waals surface area contributed by atoms with Crippen LogP contribution < -0.4 is 10.6 Å². The van der Waals surface area contributed by atoms with E-state index in [0.29, 0.717) is 0 Å². The molecule has 0 bridgehead atoms. The van der Waals surface area contributed by atoms with Crippen LogP contribution in [0.3, 0.4) is 0 Å². The SMILES string of the molecule is CC(=O)Nc1cccc(C(C)NCc2cncc(Br)c2)c1. The average Bonchev–Trinajstić information content (AvgIpc) is 2.44. The lowest BCUT2D eigenvalue weighted by molar-refractivity contribution is -0.114. The maximum atomic E-state index is 11.1. The van der Waals surface area contributed by atoms with Crippen molar-refractivity contribution in [3.05, 3.63) is 58.3 Å². The van der Waals surface area contributed by atoms with Gasteiger partial charge in [0.05, 0.1) is 0 Å². The molecule has 21 heavy (non-hydrogen) atoms. The predicted octanol–water partition coefficient (Wildman–Crippen LogP) is 3.65. The lowest BCUT2D eigenvalue weighted by atomic mass is 10.1. The number of benzene rings is 1. The second kappa shape index (κ2) is 7.33. The predicted molar refractivity (Wildman–Crippen MR) is 87.9 cm³/mol. The molecule has 1 unspecified atom stereocenters. The Kier molecular flexibility index (Phi) is 5.47. The fourth-order valence-electron chi connectivity index (χ4n) is 2.03. The van der Waals surface area contributed by atoms with Crippen LogP contribution in [0.2, 0.25) is 0 Å². The van der Waals surface area contributed by atoms with Crippen LogP contribution in [0.15, 0.2) is 47.2 Å². The van der Waals surface area contributed by atoms with Gasteiger partial charge in [-0.3, -0.25) is 9.78 Å². The Morgan fingerprint density at radius 2 is 2.14 bits per heavy atom. The van der Waals surface area contributed by atoms with E-state index < -0.39 is 0 Å². The quantitative estimate of drug-likeness (QED) is 0.867. The molecule has 4 nitrogen and oxygen atoms in total. The lowest BCUT2D eigenvalue weighted by Gasteiger charge is -2.15. The van der Waals surface area contributed by atoms with E-state index in [0.717, 1.165) is 27.8 Å². The summed E-state index contributed by atoms with van der Waals surface area (Å²) in [4.78, 5) is 15.2. The first-order valence-corrected chi connectivity index (χ1v) is 7.54. The standard InChI is InChI=1S/C16H18BrN3O/c1-11(19-9-13-6-15(17)10-18-8-13)14-4-3-5-16(7-14)20-12(2)21/h3-8,10-11,19H,9H2,1-2H3,(H,20,21). The van der Waals surface area contributed by atoms with Crippen LogP contribution in [0.1, 0.15) is 31.0 Å². The van der Waals surface area contributed by atoms with Crippen LogP contribution in [0.5, 0.6) is 0 Å². The van der Waals surface area contributed by atoms with Crippen molar-refractivity contribution < 1.29 is 4.79 Å². The highest BCUT2D eigenvalue weighted by atomic mass is 79.9. The van der Waals surface area contributed by atoms with E-state index in [4.69, 9.17) is 0 Å². The molecule has 0 saturated heterocycles. The number of rotatable bonds is 5. The van der Waals surface area contributed by atoms with Crippen molar-refractivity contribution in [1.29, 1.82) is 0 Å². The zero-order chi connectivity index (χ0) is 15.2. The summed E-state index contributed by atoms with van der Waals surface area (Å²) in [7, 11) is 0. The van der Waals surface area contributed by atoms with E-state index in [2.05, 4.69) is 38.5 Å². The molecular weight excluding hydrogens is 330 g/mol. The molecule has 0 radical (unpaired) electrons. The molecule has 1 amide bonds. The van der Waals surface area contributed by atoms with Gasteiger partial charge in [0.2, 0.25) is 5.91 Å². The van der Waals surface area contributed by atoms with Crippen LogP contribution >= 0.6 is 15.9 Å². The number of hydrogen-bond acceptors (Lipinski definition) is 3. The molecule has 1 aromatic carbocycles. The topological polar surface area (TPSA) is 54.0 Å². The van der Waals surface area contributed by atoms with Crippen molar-refractivity contribution in [2.24, 2.45) is 0 Å². The van der Waals surface area contributed by atoms with Crippen LogP contribution in [0.4, 0.5) is 5.69 Å². The van der Waals surface area contributed by atoms with E-state index in [-0.39, 0.29) is 11.9 Å². The number of halogens is 1. The number of pyridine rings is 1. The Morgan fingerprint density at radius 3 is 2.86 bits per heavy atom. The third-order valence-electron chi connectivity index (χ3n) is 3.08. The number of carbonyl (C=O) groups is 1. The molecular formula is C16H18BrN3O. The molecule has 0 spiro atoms. The van der Waals surface area contributed by atoms with Gasteiger partial charge in [-0.05, 0) is 52.2 Å². The lowest BCUT2D eigenvalue weighted by Crippen LogP contribution is -2.18. The van der Waals surface area contributed by atoms with Gasteiger partial charge >= 0.3 is 0 Å². The molecule has 0 saturated carbocycles. The molecule has 1 aromatic heterocycles. The summed E-state index contributed by atoms with van der Waals surface area (Å²) >= 11 is 3.42. The van der Waals surface area contributed by atoms with Crippen LogP contribution in [-0.4, -0.2) is 10.9 Å². The summed E-state index contributed by atoms with van der Waals surface area (Å²) in [6, 6.07) is 10.1. The van der Waals surface area contributed by atoms with Crippen molar-refractivity contribution in [3.8, 4) is 0 Å². The Morgan fingerprint density at radius 1 is 1.33 bits per heavy atom. The van der Waals surface area contributed by atoms with Gasteiger partial charge in [0.1, 0.15) is 0 Å². The first-order valence-electron chi connectivity index (χ1n) is 6.75. The van der Waals surface area contributed by atoms with E-state index in [1.54, 1.807) is 6.20 Å². The molecule has 2 rings (SSSR count). The Bertz CT molecular complexity index is 630. The maximum Gasteiger partial charge on any atom is 0.221 e. The second-order valence-electron chi connectivity index (χ2n) is 4.92. The zero-order valence-corrected chi connectivity index (χ0v) is 13.6. The fourth-order valence-corrected chi connectivity index (χ4v) is 2.44. The molecule has 110 valence electrons. The molecule has 0 aliphatic heterocycles. The first-order chi connectivity index (χ1) is 10.0. The molecule has 1 atom stereocenters. The summed E-state index contributed by atoms with van der Waals surface area (Å²) in [6.45, 7) is 4.34. The van der Waals surface area contributed by atoms with Crippen LogP contribution in [0.25, 0.3) is 0 Å². The third-order valence-corrected chi connectivity index (χ3v) is 3.51. The smallest absolute Gasteiger partial charge is 0.221 e. The van der Waals surface area contributed by atoms with Gasteiger partial charge in [-0.2, -0.15) is 0 Å². The summed E-state index contributed by atoms with van der Waals surface area (Å²) in [5, 5.41) is 6.25. The van der Waals surface area contributed by atoms with Crippen molar-refractivity contribution in [2.45, 2.75) is 26.4 Å². The van der Waals surface area contributed by atoms with Crippen LogP contribution in [-0.2, 0) is 11.3 Å². The van der Waals surface area contributed by atoms with Crippen LogP contribution in [0, 0.1) is 0 Å². The summed E-state index contributed by atoms with van der Waals surface area (Å²) in [6.07, 6.45) is 3.61. The van der Waals surface area contributed by atoms with E-state index in [9.17, 15) is 4.79 Å². The highest BCUT2D eigenvalue weighted by Crippen LogP contribution is 2.18. The number of aromatic nitrogens is 1. The molecule has 0 aliphatic carbocycles. The van der Waals surface area contributed by atoms with E-state index in [1.807, 2.05) is 36.5 Å². The number of hydrogen-bond donors (Lipinski definition) is 2. The monoisotopic (exact) mass is 347 g/mol. The number of amides is 1. The van der Waals surface area contributed by atoms with Crippen molar-refractivity contribution in [1.82, 2.24) is 10.3 Å². The Labute approximate surface area is 133 Å². The number of nitrogens with zero attached hydrogens (tertiary/aromatic N) is 1. The Hall–Kier alpha value is -1.72. The minimum atomic E-state index is -0.0621. The van der Waals surface area contributed by atoms with Gasteiger partial charge in [-0.1, -0.05) is 12.1 Å². The van der Waals surface area contributed by atoms with Gasteiger partial charge < -0.3 is 10.6 Å². The van der Waals surface area contributed by atoms with Crippen molar-refractivity contribution in [2.75, 3.05) is 5.32 Å². The van der Waals surface area contributed by atoms with Gasteiger partial charge in [-0.25, -0.2) is 0 Å². The zero-order valence-electron chi connectivity index (χ0n) is 12.1. The van der Waals surface area contributed by atoms with Crippen molar-refractivity contribution in [3.63, 3.8) is 0 Å². The fraction of sp³-hybridized carbons (Fsp3) is 0.250. The maximum absolute atomic E-state index is 11.1. The molecule has 1 heterocycles. The minimum absolute atomic E-state index is 0.0621. The largest absolute Gasteiger partial charge is 0.326 e. The molecule has 0 fully saturated rings. The molecule has 0 aliphatic rings. The number of carbonyl (C=O) groups excluding carboxylic acids is 1. The first kappa shape index (κ1) is 15.7. The Balaban J connectivity index is 1.99. The second-order valence-corrected chi connectivity index (χ2v) is 5.84. The molecule has 2 N–H and O–H groups in total. The average molecular weight is 348 g/mol. The van der Waals surface area contributed by atoms with Gasteiger partial charge in [0.15, 0.2) is 0 Å². The highest BCUT2D eigenvalue weighted by molar-refractivity contribution is 9.10. The number of anilines is 1. The van der Waals surface area contributed by atoms with Gasteiger partial charge in [0, 0.05) is 42.1 Å². The van der Waals surface area contributed by atoms with E-state index in [1.165, 1.54) is 6.92 Å². The number of nitrogens with one attached hydrogen (secondary N) is 2. The summed E-state index contributed by atoms with van der Waals surface area (Å²) < 4.78 is 0.974. The van der Waals surface area contributed by atoms with E-state index >= 15 is 0 Å². The normalized spacial score (nSPS) is 12.0.